The summed E-state index contributed by atoms with van der Waals surface area (Å²) in [4.78, 5) is 41.6. The number of nitrogens with zero attached hydrogens (tertiary/aromatic N) is 2. The van der Waals surface area contributed by atoms with Crippen molar-refractivity contribution >= 4 is 35.1 Å². The smallest absolute Gasteiger partial charge is 0.265 e. The Morgan fingerprint density at radius 1 is 0.889 bits per heavy atom. The predicted octanol–water partition coefficient (Wildman–Crippen LogP) is 4.59. The van der Waals surface area contributed by atoms with Gasteiger partial charge in [0.05, 0.1) is 12.3 Å². The van der Waals surface area contributed by atoms with Crippen molar-refractivity contribution < 1.29 is 23.9 Å². The van der Waals surface area contributed by atoms with E-state index in [1.54, 1.807) is 68.7 Å². The minimum atomic E-state index is -0.404. The molecule has 184 valence electrons. The number of ether oxygens (including phenoxy) is 2. The number of likely N-dealkylation sites (N-methyl/N-ethyl adjacent to an activating group) is 1. The minimum Gasteiger partial charge on any atom is -0.490 e. The van der Waals surface area contributed by atoms with Crippen LogP contribution >= 0.6 is 0 Å². The summed E-state index contributed by atoms with van der Waals surface area (Å²) in [6.07, 6.45) is 1.74. The summed E-state index contributed by atoms with van der Waals surface area (Å²) in [6.45, 7) is 4.05. The van der Waals surface area contributed by atoms with Crippen LogP contribution in [0.3, 0.4) is 0 Å². The van der Waals surface area contributed by atoms with Crippen LogP contribution < -0.4 is 14.4 Å². The molecule has 7 heteroatoms. The van der Waals surface area contributed by atoms with E-state index in [-0.39, 0.29) is 18.4 Å². The Hall–Kier alpha value is -4.39. The Morgan fingerprint density at radius 3 is 2.33 bits per heavy atom. The molecular weight excluding hydrogens is 456 g/mol. The molecule has 1 aliphatic heterocycles. The Morgan fingerprint density at radius 2 is 1.64 bits per heavy atom. The lowest BCUT2D eigenvalue weighted by Crippen LogP contribution is -2.41. The van der Waals surface area contributed by atoms with Crippen LogP contribution in [0.4, 0.5) is 5.69 Å². The summed E-state index contributed by atoms with van der Waals surface area (Å²) in [6, 6.07) is 19.7. The highest BCUT2D eigenvalue weighted by Crippen LogP contribution is 2.35. The number of benzene rings is 3. The summed E-state index contributed by atoms with van der Waals surface area (Å²) >= 11 is 0. The van der Waals surface area contributed by atoms with Gasteiger partial charge in [-0.2, -0.15) is 0 Å². The van der Waals surface area contributed by atoms with Gasteiger partial charge in [-0.05, 0) is 66.9 Å². The van der Waals surface area contributed by atoms with E-state index in [2.05, 4.69) is 0 Å². The van der Waals surface area contributed by atoms with Crippen LogP contribution in [0.15, 0.2) is 66.7 Å². The number of anilines is 1. The van der Waals surface area contributed by atoms with E-state index in [0.29, 0.717) is 46.1 Å². The predicted molar refractivity (Wildman–Crippen MR) is 139 cm³/mol. The third-order valence-electron chi connectivity index (χ3n) is 5.77. The maximum absolute atomic E-state index is 13.7. The van der Waals surface area contributed by atoms with E-state index >= 15 is 0 Å². The largest absolute Gasteiger partial charge is 0.490 e. The number of carbonyl (C=O) groups excluding carboxylic acids is 3. The van der Waals surface area contributed by atoms with Gasteiger partial charge in [0, 0.05) is 25.2 Å². The highest BCUT2D eigenvalue weighted by Gasteiger charge is 2.35. The van der Waals surface area contributed by atoms with Gasteiger partial charge in [0.2, 0.25) is 0 Å². The quantitative estimate of drug-likeness (QED) is 0.362. The molecule has 0 atom stereocenters. The normalized spacial score (nSPS) is 14.0. The average Bonchev–Trinajstić information content (AvgIpc) is 2.86. The molecule has 0 unspecified atom stereocenters. The van der Waals surface area contributed by atoms with Crippen LogP contribution in [-0.4, -0.2) is 49.9 Å². The average molecular weight is 485 g/mol. The fraction of sp³-hybridized carbons (Fsp3) is 0.207. The Balaban J connectivity index is 1.76. The molecule has 0 radical (unpaired) electrons. The zero-order valence-electron chi connectivity index (χ0n) is 20.8. The highest BCUT2D eigenvalue weighted by atomic mass is 16.5. The lowest BCUT2D eigenvalue weighted by molar-refractivity contribution is -0.130. The second-order valence-corrected chi connectivity index (χ2v) is 8.60. The molecule has 3 aromatic carbocycles. The monoisotopic (exact) mass is 484 g/mol. The van der Waals surface area contributed by atoms with Crippen LogP contribution in [0.2, 0.25) is 0 Å². The van der Waals surface area contributed by atoms with Gasteiger partial charge in [-0.25, -0.2) is 4.90 Å². The maximum atomic E-state index is 13.7. The van der Waals surface area contributed by atoms with E-state index in [0.717, 1.165) is 5.56 Å². The van der Waals surface area contributed by atoms with E-state index in [1.165, 1.54) is 9.80 Å². The molecule has 0 N–H and O–H groups in total. The Labute approximate surface area is 210 Å². The van der Waals surface area contributed by atoms with Gasteiger partial charge in [0.1, 0.15) is 0 Å². The fourth-order valence-electron chi connectivity index (χ4n) is 3.93. The second kappa shape index (κ2) is 10.5. The molecule has 0 fully saturated rings. The molecule has 3 aromatic rings. The lowest BCUT2D eigenvalue weighted by Gasteiger charge is -2.29. The molecule has 1 aliphatic rings. The number of fused-ring (bicyclic) bond motifs is 1. The molecule has 4 rings (SSSR count). The van der Waals surface area contributed by atoms with E-state index in [9.17, 15) is 14.4 Å². The number of amides is 3. The van der Waals surface area contributed by atoms with Crippen molar-refractivity contribution in [2.75, 3.05) is 32.2 Å². The summed E-state index contributed by atoms with van der Waals surface area (Å²) < 4.78 is 11.4. The van der Waals surface area contributed by atoms with Crippen LogP contribution in [0.1, 0.15) is 34.0 Å². The standard InChI is InChI=1S/C29H28N2O5/c1-5-35-26-17-20(13-14-25(26)36-18-27(32)30(3)4)16-24-22-11-6-7-12-23(22)28(33)31(29(24)34)21-10-8-9-19(2)15-21/h6-17H,5,18H2,1-4H3. The number of aryl methyl sites for hydroxylation is 1. The van der Waals surface area contributed by atoms with Gasteiger partial charge >= 0.3 is 0 Å². The zero-order chi connectivity index (χ0) is 25.8. The third kappa shape index (κ3) is 5.00. The summed E-state index contributed by atoms with van der Waals surface area (Å²) in [5.74, 6) is -0.0431. The van der Waals surface area contributed by atoms with E-state index < -0.39 is 5.91 Å². The first-order valence-corrected chi connectivity index (χ1v) is 11.7. The van der Waals surface area contributed by atoms with Gasteiger partial charge in [-0.15, -0.1) is 0 Å². The van der Waals surface area contributed by atoms with Crippen molar-refractivity contribution in [3.8, 4) is 11.5 Å². The first kappa shape index (κ1) is 24.7. The molecule has 0 saturated heterocycles. The fourth-order valence-corrected chi connectivity index (χ4v) is 3.93. The Bertz CT molecular complexity index is 1360. The highest BCUT2D eigenvalue weighted by molar-refractivity contribution is 6.43. The van der Waals surface area contributed by atoms with Crippen molar-refractivity contribution in [2.45, 2.75) is 13.8 Å². The molecule has 0 spiro atoms. The number of imide groups is 1. The van der Waals surface area contributed by atoms with Crippen molar-refractivity contribution in [1.82, 2.24) is 4.90 Å². The molecule has 36 heavy (non-hydrogen) atoms. The molecule has 3 amide bonds. The zero-order valence-corrected chi connectivity index (χ0v) is 20.8. The van der Waals surface area contributed by atoms with Crippen molar-refractivity contribution in [1.29, 1.82) is 0 Å². The van der Waals surface area contributed by atoms with Gasteiger partial charge in [-0.1, -0.05) is 36.4 Å². The van der Waals surface area contributed by atoms with Crippen molar-refractivity contribution in [2.24, 2.45) is 0 Å². The molecular formula is C29H28N2O5. The molecule has 0 bridgehead atoms. The summed E-state index contributed by atoms with van der Waals surface area (Å²) in [7, 11) is 3.32. The minimum absolute atomic E-state index is 0.118. The van der Waals surface area contributed by atoms with Crippen LogP contribution in [0, 0.1) is 6.92 Å². The van der Waals surface area contributed by atoms with Gasteiger partial charge in [-0.3, -0.25) is 14.4 Å². The number of hydrogen-bond acceptors (Lipinski definition) is 5. The molecule has 1 heterocycles. The van der Waals surface area contributed by atoms with Crippen LogP contribution in [0.25, 0.3) is 11.6 Å². The number of carbonyl (C=O) groups is 3. The topological polar surface area (TPSA) is 76.1 Å². The second-order valence-electron chi connectivity index (χ2n) is 8.60. The molecule has 7 nitrogen and oxygen atoms in total. The van der Waals surface area contributed by atoms with Crippen LogP contribution in [0.5, 0.6) is 11.5 Å². The number of hydrogen-bond donors (Lipinski definition) is 0. The van der Waals surface area contributed by atoms with E-state index in [1.807, 2.05) is 32.0 Å². The van der Waals surface area contributed by atoms with E-state index in [4.69, 9.17) is 9.47 Å². The molecule has 0 aliphatic carbocycles. The lowest BCUT2D eigenvalue weighted by atomic mass is 9.91. The maximum Gasteiger partial charge on any atom is 0.265 e. The number of rotatable bonds is 7. The third-order valence-corrected chi connectivity index (χ3v) is 5.77. The van der Waals surface area contributed by atoms with Crippen molar-refractivity contribution in [3.63, 3.8) is 0 Å². The molecule has 0 aromatic heterocycles. The first-order valence-electron chi connectivity index (χ1n) is 11.7. The van der Waals surface area contributed by atoms with Gasteiger partial charge in [0.15, 0.2) is 18.1 Å². The molecule has 0 saturated carbocycles. The summed E-state index contributed by atoms with van der Waals surface area (Å²) in [5, 5.41) is 0. The summed E-state index contributed by atoms with van der Waals surface area (Å²) in [5.41, 5.74) is 3.59. The first-order chi connectivity index (χ1) is 17.3. The SMILES string of the molecule is CCOc1cc(C=C2C(=O)N(c3cccc(C)c3)C(=O)c3ccccc32)ccc1OCC(=O)N(C)C. The van der Waals surface area contributed by atoms with Gasteiger partial charge in [0.25, 0.3) is 17.7 Å². The van der Waals surface area contributed by atoms with Gasteiger partial charge < -0.3 is 14.4 Å². The van der Waals surface area contributed by atoms with Crippen molar-refractivity contribution in [3.05, 3.63) is 89.0 Å². The van der Waals surface area contributed by atoms with Crippen LogP contribution in [-0.2, 0) is 9.59 Å². The Kier molecular flexibility index (Phi) is 7.20.